The third kappa shape index (κ3) is 4.18. The zero-order valence-electron chi connectivity index (χ0n) is 13.1. The Bertz CT molecular complexity index is 814. The molecule has 0 unspecified atom stereocenters. The molecular formula is C16H19F2N3O2S. The minimum Gasteiger partial charge on any atom is -0.268 e. The summed E-state index contributed by atoms with van der Waals surface area (Å²) in [5.41, 5.74) is 2.49. The van der Waals surface area contributed by atoms with Crippen LogP contribution < -0.4 is 4.72 Å². The zero-order valence-corrected chi connectivity index (χ0v) is 14.0. The van der Waals surface area contributed by atoms with Crippen molar-refractivity contribution in [1.82, 2.24) is 14.5 Å². The van der Waals surface area contributed by atoms with E-state index in [1.54, 1.807) is 0 Å². The van der Waals surface area contributed by atoms with E-state index in [0.717, 1.165) is 37.8 Å². The predicted octanol–water partition coefficient (Wildman–Crippen LogP) is 2.16. The number of sulfonamides is 1. The van der Waals surface area contributed by atoms with E-state index < -0.39 is 27.4 Å². The molecule has 2 aromatic rings. The number of hydrogen-bond acceptors (Lipinski definition) is 3. The first-order chi connectivity index (χ1) is 11.4. The number of nitrogens with zero attached hydrogens (tertiary/aromatic N) is 2. The van der Waals surface area contributed by atoms with Gasteiger partial charge in [-0.2, -0.15) is 5.10 Å². The number of halogens is 2. The van der Waals surface area contributed by atoms with E-state index in [-0.39, 0.29) is 12.1 Å². The Morgan fingerprint density at radius 3 is 2.58 bits per heavy atom. The summed E-state index contributed by atoms with van der Waals surface area (Å²) in [5, 5.41) is 4.31. The summed E-state index contributed by atoms with van der Waals surface area (Å²) in [6.07, 6.45) is 6.11. The van der Waals surface area contributed by atoms with Crippen LogP contribution in [0.3, 0.4) is 0 Å². The van der Waals surface area contributed by atoms with Gasteiger partial charge in [-0.15, -0.1) is 0 Å². The number of fused-ring (bicyclic) bond motifs is 1. The molecule has 1 aromatic heterocycles. The maximum atomic E-state index is 13.1. The maximum Gasteiger partial charge on any atom is 0.215 e. The standard InChI is InChI=1S/C16H19F2N3O2S/c17-14-7-12(8-15(18)9-14)11-24(22,23)20-5-6-21-16-4-2-1-3-13(16)10-19-21/h7-10,20H,1-6,11H2. The summed E-state index contributed by atoms with van der Waals surface area (Å²) >= 11 is 0. The molecule has 130 valence electrons. The molecule has 0 aliphatic heterocycles. The molecule has 0 bridgehead atoms. The van der Waals surface area contributed by atoms with Gasteiger partial charge in [-0.1, -0.05) is 0 Å². The van der Waals surface area contributed by atoms with Gasteiger partial charge in [0.2, 0.25) is 10.0 Å². The molecule has 0 radical (unpaired) electrons. The minimum absolute atomic E-state index is 0.0801. The topological polar surface area (TPSA) is 64.0 Å². The smallest absolute Gasteiger partial charge is 0.215 e. The van der Waals surface area contributed by atoms with Gasteiger partial charge in [0.25, 0.3) is 0 Å². The van der Waals surface area contributed by atoms with Crippen LogP contribution in [0, 0.1) is 11.6 Å². The van der Waals surface area contributed by atoms with Crippen molar-refractivity contribution in [3.8, 4) is 0 Å². The largest absolute Gasteiger partial charge is 0.268 e. The Morgan fingerprint density at radius 1 is 1.12 bits per heavy atom. The van der Waals surface area contributed by atoms with Crippen LogP contribution in [0.1, 0.15) is 29.7 Å². The predicted molar refractivity (Wildman–Crippen MR) is 85.9 cm³/mol. The van der Waals surface area contributed by atoms with E-state index in [2.05, 4.69) is 9.82 Å². The Balaban J connectivity index is 1.58. The summed E-state index contributed by atoms with van der Waals surface area (Å²) in [4.78, 5) is 0. The van der Waals surface area contributed by atoms with Gasteiger partial charge in [0, 0.05) is 18.3 Å². The van der Waals surface area contributed by atoms with Crippen molar-refractivity contribution in [3.63, 3.8) is 0 Å². The maximum absolute atomic E-state index is 13.1. The first-order valence-corrected chi connectivity index (χ1v) is 9.54. The van der Waals surface area contributed by atoms with Crippen LogP contribution >= 0.6 is 0 Å². The first kappa shape index (κ1) is 17.0. The van der Waals surface area contributed by atoms with E-state index in [9.17, 15) is 17.2 Å². The lowest BCUT2D eigenvalue weighted by Crippen LogP contribution is -2.29. The van der Waals surface area contributed by atoms with Gasteiger partial charge >= 0.3 is 0 Å². The highest BCUT2D eigenvalue weighted by Crippen LogP contribution is 2.20. The number of hydrogen-bond donors (Lipinski definition) is 1. The lowest BCUT2D eigenvalue weighted by Gasteiger charge is -2.14. The third-order valence-electron chi connectivity index (χ3n) is 4.07. The van der Waals surface area contributed by atoms with E-state index in [1.807, 2.05) is 10.9 Å². The lowest BCUT2D eigenvalue weighted by molar-refractivity contribution is 0.537. The van der Waals surface area contributed by atoms with Gasteiger partial charge in [-0.05, 0) is 48.9 Å². The Kier molecular flexibility index (Phi) is 4.96. The second kappa shape index (κ2) is 6.98. The van der Waals surface area contributed by atoms with E-state index in [0.29, 0.717) is 12.6 Å². The number of benzene rings is 1. The average Bonchev–Trinajstić information content (AvgIpc) is 2.89. The average molecular weight is 355 g/mol. The summed E-state index contributed by atoms with van der Waals surface area (Å²) in [7, 11) is -3.67. The fourth-order valence-corrected chi connectivity index (χ4v) is 4.13. The first-order valence-electron chi connectivity index (χ1n) is 7.89. The molecule has 1 aliphatic carbocycles. The van der Waals surface area contributed by atoms with Gasteiger partial charge in [-0.3, -0.25) is 4.68 Å². The number of aromatic nitrogens is 2. The third-order valence-corrected chi connectivity index (χ3v) is 5.43. The van der Waals surface area contributed by atoms with Gasteiger partial charge in [0.1, 0.15) is 11.6 Å². The summed E-state index contributed by atoms with van der Waals surface area (Å²) in [6, 6.07) is 2.75. The highest BCUT2D eigenvalue weighted by atomic mass is 32.2. The number of nitrogens with one attached hydrogen (secondary N) is 1. The van der Waals surface area contributed by atoms with Crippen molar-refractivity contribution in [2.24, 2.45) is 0 Å². The zero-order chi connectivity index (χ0) is 17.2. The minimum atomic E-state index is -3.67. The highest BCUT2D eigenvalue weighted by molar-refractivity contribution is 7.88. The molecule has 0 atom stereocenters. The second-order valence-electron chi connectivity index (χ2n) is 5.98. The number of aryl methyl sites for hydroxylation is 1. The van der Waals surface area contributed by atoms with Crippen molar-refractivity contribution < 1.29 is 17.2 Å². The molecule has 8 heteroatoms. The van der Waals surface area contributed by atoms with Crippen molar-refractivity contribution in [2.45, 2.75) is 38.0 Å². The Morgan fingerprint density at radius 2 is 1.83 bits per heavy atom. The highest BCUT2D eigenvalue weighted by Gasteiger charge is 2.16. The molecule has 0 fully saturated rings. The summed E-state index contributed by atoms with van der Waals surface area (Å²) in [6.45, 7) is 0.625. The summed E-state index contributed by atoms with van der Waals surface area (Å²) in [5.74, 6) is -2.04. The van der Waals surface area contributed by atoms with Crippen molar-refractivity contribution in [2.75, 3.05) is 6.54 Å². The van der Waals surface area contributed by atoms with Crippen LogP contribution in [0.2, 0.25) is 0 Å². The van der Waals surface area contributed by atoms with E-state index in [1.165, 1.54) is 11.3 Å². The SMILES string of the molecule is O=S(=O)(Cc1cc(F)cc(F)c1)NCCn1ncc2c1CCCC2. The second-order valence-corrected chi connectivity index (χ2v) is 7.78. The van der Waals surface area contributed by atoms with Crippen LogP contribution in [0.15, 0.2) is 24.4 Å². The van der Waals surface area contributed by atoms with Crippen molar-refractivity contribution in [3.05, 3.63) is 52.9 Å². The molecule has 0 saturated carbocycles. The van der Waals surface area contributed by atoms with E-state index >= 15 is 0 Å². The Hall–Kier alpha value is -1.80. The van der Waals surface area contributed by atoms with Crippen LogP contribution in [-0.2, 0) is 35.2 Å². The van der Waals surface area contributed by atoms with Crippen LogP contribution in [0.5, 0.6) is 0 Å². The molecule has 0 saturated heterocycles. The molecule has 1 aliphatic rings. The monoisotopic (exact) mass is 355 g/mol. The fourth-order valence-electron chi connectivity index (χ4n) is 3.02. The fraction of sp³-hybridized carbons (Fsp3) is 0.438. The van der Waals surface area contributed by atoms with Gasteiger partial charge in [0.05, 0.1) is 18.5 Å². The van der Waals surface area contributed by atoms with Crippen LogP contribution in [0.4, 0.5) is 8.78 Å². The molecule has 1 N–H and O–H groups in total. The van der Waals surface area contributed by atoms with Crippen molar-refractivity contribution >= 4 is 10.0 Å². The lowest BCUT2D eigenvalue weighted by atomic mass is 9.98. The normalized spacial score (nSPS) is 14.6. The molecule has 0 amide bonds. The van der Waals surface area contributed by atoms with Crippen molar-refractivity contribution in [1.29, 1.82) is 0 Å². The molecule has 1 heterocycles. The molecule has 0 spiro atoms. The molecule has 5 nitrogen and oxygen atoms in total. The molecule has 3 rings (SSSR count). The van der Waals surface area contributed by atoms with Gasteiger partial charge in [0.15, 0.2) is 0 Å². The quantitative estimate of drug-likeness (QED) is 0.864. The molecule has 1 aromatic carbocycles. The Labute approximate surface area is 139 Å². The summed E-state index contributed by atoms with van der Waals surface area (Å²) < 4.78 is 54.7. The molecular weight excluding hydrogens is 336 g/mol. The van der Waals surface area contributed by atoms with E-state index in [4.69, 9.17) is 0 Å². The van der Waals surface area contributed by atoms with Gasteiger partial charge < -0.3 is 0 Å². The molecule has 24 heavy (non-hydrogen) atoms. The van der Waals surface area contributed by atoms with Gasteiger partial charge in [-0.25, -0.2) is 21.9 Å². The van der Waals surface area contributed by atoms with Crippen LogP contribution in [-0.4, -0.2) is 24.7 Å². The number of rotatable bonds is 6. The van der Waals surface area contributed by atoms with Crippen LogP contribution in [0.25, 0.3) is 0 Å².